The predicted molar refractivity (Wildman–Crippen MR) is 97.0 cm³/mol. The quantitative estimate of drug-likeness (QED) is 0.899. The molecule has 0 spiro atoms. The van der Waals surface area contributed by atoms with Crippen LogP contribution in [-0.2, 0) is 21.1 Å². The summed E-state index contributed by atoms with van der Waals surface area (Å²) in [6.45, 7) is 7.23. The summed E-state index contributed by atoms with van der Waals surface area (Å²) in [5, 5.41) is 2.44. The Hall–Kier alpha value is -2.14. The maximum absolute atomic E-state index is 12.2. The lowest BCUT2D eigenvalue weighted by Crippen LogP contribution is -2.16. The van der Waals surface area contributed by atoms with Crippen molar-refractivity contribution < 1.29 is 13.2 Å². The van der Waals surface area contributed by atoms with Crippen LogP contribution in [0.15, 0.2) is 47.4 Å². The molecule has 0 radical (unpaired) electrons. The lowest BCUT2D eigenvalue weighted by atomic mass is 10.1. The van der Waals surface area contributed by atoms with E-state index in [0.29, 0.717) is 0 Å². The van der Waals surface area contributed by atoms with E-state index in [1.807, 2.05) is 32.0 Å². The molecule has 2 aromatic carbocycles. The van der Waals surface area contributed by atoms with Crippen LogP contribution in [0.25, 0.3) is 0 Å². The van der Waals surface area contributed by atoms with Crippen molar-refractivity contribution in [2.45, 2.75) is 44.3 Å². The number of rotatable bonds is 5. The monoisotopic (exact) mass is 345 g/mol. The van der Waals surface area contributed by atoms with Crippen molar-refractivity contribution in [3.05, 3.63) is 59.2 Å². The minimum atomic E-state index is -3.28. The summed E-state index contributed by atoms with van der Waals surface area (Å²) in [4.78, 5) is 12.5. The number of sulfone groups is 1. The van der Waals surface area contributed by atoms with Crippen LogP contribution >= 0.6 is 0 Å². The van der Waals surface area contributed by atoms with Gasteiger partial charge in [-0.3, -0.25) is 4.79 Å². The van der Waals surface area contributed by atoms with Gasteiger partial charge < -0.3 is 5.32 Å². The molecule has 0 atom stereocenters. The van der Waals surface area contributed by atoms with Crippen LogP contribution < -0.4 is 5.32 Å². The molecule has 0 aromatic heterocycles. The zero-order chi connectivity index (χ0) is 17.9. The van der Waals surface area contributed by atoms with Gasteiger partial charge in [-0.15, -0.1) is 0 Å². The van der Waals surface area contributed by atoms with E-state index >= 15 is 0 Å². The smallest absolute Gasteiger partial charge is 0.228 e. The van der Waals surface area contributed by atoms with Crippen LogP contribution in [-0.4, -0.2) is 19.6 Å². The third-order valence-electron chi connectivity index (χ3n) is 3.90. The molecule has 0 saturated heterocycles. The second kappa shape index (κ2) is 7.18. The van der Waals surface area contributed by atoms with Crippen LogP contribution in [0.2, 0.25) is 0 Å². The first-order valence-electron chi connectivity index (χ1n) is 7.90. The second-order valence-corrected chi connectivity index (χ2v) is 8.79. The fourth-order valence-electron chi connectivity index (χ4n) is 2.32. The van der Waals surface area contributed by atoms with Crippen LogP contribution in [0.1, 0.15) is 30.5 Å². The largest absolute Gasteiger partial charge is 0.326 e. The molecule has 0 saturated carbocycles. The lowest BCUT2D eigenvalue weighted by Gasteiger charge is -2.10. The van der Waals surface area contributed by atoms with Crippen LogP contribution in [0, 0.1) is 13.8 Å². The molecular weight excluding hydrogens is 322 g/mol. The van der Waals surface area contributed by atoms with E-state index in [2.05, 4.69) is 5.32 Å². The minimum absolute atomic E-state index is 0.122. The third kappa shape index (κ3) is 4.23. The standard InChI is InChI=1S/C19H23NO3S/c1-13(2)24(22,23)17-9-7-16(8-10-17)12-19(21)20-18-11-14(3)5-6-15(18)4/h5-11,13H,12H2,1-4H3,(H,20,21). The van der Waals surface area contributed by atoms with Crippen molar-refractivity contribution in [3.63, 3.8) is 0 Å². The van der Waals surface area contributed by atoms with Gasteiger partial charge in [-0.2, -0.15) is 0 Å². The lowest BCUT2D eigenvalue weighted by molar-refractivity contribution is -0.115. The Labute approximate surface area is 143 Å². The van der Waals surface area contributed by atoms with E-state index in [9.17, 15) is 13.2 Å². The highest BCUT2D eigenvalue weighted by molar-refractivity contribution is 7.92. The van der Waals surface area contributed by atoms with Crippen molar-refractivity contribution >= 4 is 21.4 Å². The van der Waals surface area contributed by atoms with Crippen LogP contribution in [0.5, 0.6) is 0 Å². The Morgan fingerprint density at radius 2 is 1.67 bits per heavy atom. The highest BCUT2D eigenvalue weighted by Crippen LogP contribution is 2.18. The van der Waals surface area contributed by atoms with Gasteiger partial charge in [0.2, 0.25) is 5.91 Å². The number of carbonyl (C=O) groups is 1. The van der Waals surface area contributed by atoms with Gasteiger partial charge in [0.25, 0.3) is 0 Å². The fraction of sp³-hybridized carbons (Fsp3) is 0.316. The number of nitrogens with one attached hydrogen (secondary N) is 1. The van der Waals surface area contributed by atoms with Gasteiger partial charge in [0.1, 0.15) is 0 Å². The van der Waals surface area contributed by atoms with Gasteiger partial charge >= 0.3 is 0 Å². The molecule has 5 heteroatoms. The van der Waals surface area contributed by atoms with Gasteiger partial charge in [-0.1, -0.05) is 24.3 Å². The van der Waals surface area contributed by atoms with Gasteiger partial charge in [-0.25, -0.2) is 8.42 Å². The molecule has 0 aliphatic heterocycles. The number of benzene rings is 2. The van der Waals surface area contributed by atoms with Crippen molar-refractivity contribution in [1.29, 1.82) is 0 Å². The fourth-order valence-corrected chi connectivity index (χ4v) is 3.38. The number of aryl methyl sites for hydroxylation is 2. The van der Waals surface area contributed by atoms with Crippen molar-refractivity contribution in [2.24, 2.45) is 0 Å². The molecule has 0 aliphatic carbocycles. The molecule has 1 amide bonds. The van der Waals surface area contributed by atoms with E-state index in [-0.39, 0.29) is 17.2 Å². The number of amides is 1. The summed E-state index contributed by atoms with van der Waals surface area (Å²) in [5.41, 5.74) is 3.67. The molecule has 128 valence electrons. The van der Waals surface area contributed by atoms with E-state index in [4.69, 9.17) is 0 Å². The van der Waals surface area contributed by atoms with Gasteiger partial charge in [0.15, 0.2) is 9.84 Å². The number of anilines is 1. The molecular formula is C19H23NO3S. The van der Waals surface area contributed by atoms with Crippen molar-refractivity contribution in [2.75, 3.05) is 5.32 Å². The summed E-state index contributed by atoms with van der Waals surface area (Å²) < 4.78 is 24.2. The number of carbonyl (C=O) groups excluding carboxylic acids is 1. The topological polar surface area (TPSA) is 63.2 Å². The summed E-state index contributed by atoms with van der Waals surface area (Å²) in [6, 6.07) is 12.4. The predicted octanol–water partition coefficient (Wildman–Crippen LogP) is 3.67. The first kappa shape index (κ1) is 18.2. The molecule has 0 unspecified atom stereocenters. The maximum atomic E-state index is 12.2. The Kier molecular flexibility index (Phi) is 5.44. The van der Waals surface area contributed by atoms with Crippen molar-refractivity contribution in [1.82, 2.24) is 0 Å². The molecule has 2 aromatic rings. The maximum Gasteiger partial charge on any atom is 0.228 e. The number of hydrogen-bond acceptors (Lipinski definition) is 3. The Bertz CT molecular complexity index is 837. The van der Waals surface area contributed by atoms with Gasteiger partial charge in [0.05, 0.1) is 16.6 Å². The normalized spacial score (nSPS) is 11.5. The van der Waals surface area contributed by atoms with E-state index in [1.165, 1.54) is 0 Å². The molecule has 2 rings (SSSR count). The first-order chi connectivity index (χ1) is 11.2. The first-order valence-corrected chi connectivity index (χ1v) is 9.44. The summed E-state index contributed by atoms with van der Waals surface area (Å²) in [7, 11) is -3.28. The Morgan fingerprint density at radius 1 is 1.04 bits per heavy atom. The third-order valence-corrected chi connectivity index (χ3v) is 6.07. The van der Waals surface area contributed by atoms with E-state index in [1.54, 1.807) is 38.1 Å². The summed E-state index contributed by atoms with van der Waals surface area (Å²) in [6.07, 6.45) is 0.204. The zero-order valence-corrected chi connectivity index (χ0v) is 15.3. The molecule has 0 aliphatic rings. The molecule has 1 N–H and O–H groups in total. The van der Waals surface area contributed by atoms with Gasteiger partial charge in [0, 0.05) is 5.69 Å². The van der Waals surface area contributed by atoms with Crippen LogP contribution in [0.3, 0.4) is 0 Å². The average molecular weight is 345 g/mol. The number of hydrogen-bond donors (Lipinski definition) is 1. The Morgan fingerprint density at radius 3 is 2.25 bits per heavy atom. The van der Waals surface area contributed by atoms with E-state index in [0.717, 1.165) is 22.4 Å². The SMILES string of the molecule is Cc1ccc(C)c(NC(=O)Cc2ccc(S(=O)(=O)C(C)C)cc2)c1. The molecule has 4 nitrogen and oxygen atoms in total. The average Bonchev–Trinajstić information content (AvgIpc) is 2.51. The van der Waals surface area contributed by atoms with E-state index < -0.39 is 15.1 Å². The second-order valence-electron chi connectivity index (χ2n) is 6.28. The zero-order valence-electron chi connectivity index (χ0n) is 14.5. The Balaban J connectivity index is 2.09. The summed E-state index contributed by atoms with van der Waals surface area (Å²) >= 11 is 0. The van der Waals surface area contributed by atoms with Gasteiger partial charge in [-0.05, 0) is 62.6 Å². The minimum Gasteiger partial charge on any atom is -0.326 e. The molecule has 0 fully saturated rings. The van der Waals surface area contributed by atoms with Crippen molar-refractivity contribution in [3.8, 4) is 0 Å². The highest BCUT2D eigenvalue weighted by atomic mass is 32.2. The molecule has 0 bridgehead atoms. The molecule has 24 heavy (non-hydrogen) atoms. The summed E-state index contributed by atoms with van der Waals surface area (Å²) in [5.74, 6) is -0.122. The van der Waals surface area contributed by atoms with Crippen LogP contribution in [0.4, 0.5) is 5.69 Å². The highest BCUT2D eigenvalue weighted by Gasteiger charge is 2.18. The molecule has 0 heterocycles.